The van der Waals surface area contributed by atoms with Crippen LogP contribution in [0.1, 0.15) is 40.2 Å². The Kier molecular flexibility index (Phi) is 7.13. The Hall–Kier alpha value is -4.21. The maximum atomic E-state index is 13.1. The van der Waals surface area contributed by atoms with Crippen molar-refractivity contribution in [1.82, 2.24) is 15.0 Å². The smallest absolute Gasteiger partial charge is 0.277 e. The van der Waals surface area contributed by atoms with Crippen molar-refractivity contribution in [2.45, 2.75) is 13.0 Å². The van der Waals surface area contributed by atoms with Gasteiger partial charge in [-0.3, -0.25) is 25.1 Å². The van der Waals surface area contributed by atoms with E-state index < -0.39 is 6.10 Å². The first-order chi connectivity index (χ1) is 18.3. The number of carbonyl (C=O) groups is 1. The normalized spacial score (nSPS) is 13.3. The fraction of sp³-hybridized carbons (Fsp3) is 0.148. The number of hydrogen-bond donors (Lipinski definition) is 2. The molecule has 0 saturated heterocycles. The molecule has 0 aliphatic carbocycles. The minimum Gasteiger partial charge on any atom is -0.486 e. The lowest BCUT2D eigenvalue weighted by molar-refractivity contribution is 0.0971. The number of benzene rings is 1. The lowest BCUT2D eigenvalue weighted by Crippen LogP contribution is -2.38. The lowest BCUT2D eigenvalue weighted by atomic mass is 10.0. The molecule has 1 atom stereocenters. The van der Waals surface area contributed by atoms with Gasteiger partial charge < -0.3 is 15.2 Å². The number of anilines is 2. The predicted octanol–water partition coefficient (Wildman–Crippen LogP) is 5.36. The number of nitrogen functional groups attached to an aromatic ring is 1. The topological polar surface area (TPSA) is 127 Å². The number of carbonyl (C=O) groups excluding carboxylic acids is 1. The molecule has 4 heterocycles. The van der Waals surface area contributed by atoms with E-state index >= 15 is 0 Å². The van der Waals surface area contributed by atoms with E-state index in [0.29, 0.717) is 68.6 Å². The van der Waals surface area contributed by atoms with Crippen LogP contribution in [-0.4, -0.2) is 39.7 Å². The van der Waals surface area contributed by atoms with E-state index in [1.807, 2.05) is 6.92 Å². The number of amides is 1. The lowest BCUT2D eigenvalue weighted by Gasteiger charge is -2.29. The summed E-state index contributed by atoms with van der Waals surface area (Å²) in [5.41, 5.74) is 8.97. The molecule has 1 aliphatic heterocycles. The van der Waals surface area contributed by atoms with Crippen LogP contribution in [0.15, 0.2) is 67.3 Å². The van der Waals surface area contributed by atoms with Crippen molar-refractivity contribution in [3.63, 3.8) is 0 Å². The number of hydrogen-bond acceptors (Lipinski definition) is 8. The predicted molar refractivity (Wildman–Crippen MR) is 146 cm³/mol. The largest absolute Gasteiger partial charge is 0.486 e. The highest BCUT2D eigenvalue weighted by Gasteiger charge is 2.27. The van der Waals surface area contributed by atoms with Crippen molar-refractivity contribution >= 4 is 46.2 Å². The third-order valence-electron chi connectivity index (χ3n) is 6.00. The highest BCUT2D eigenvalue weighted by atomic mass is 35.5. The molecule has 0 unspecified atom stereocenters. The summed E-state index contributed by atoms with van der Waals surface area (Å²) in [6.07, 6.45) is 5.59. The number of pyridine rings is 3. The molecule has 0 bridgehead atoms. The van der Waals surface area contributed by atoms with Crippen molar-refractivity contribution in [1.29, 1.82) is 5.41 Å². The van der Waals surface area contributed by atoms with Gasteiger partial charge in [-0.15, -0.1) is 0 Å². The van der Waals surface area contributed by atoms with E-state index in [0.717, 1.165) is 0 Å². The summed E-state index contributed by atoms with van der Waals surface area (Å²) in [6, 6.07) is 11.9. The highest BCUT2D eigenvalue weighted by Crippen LogP contribution is 2.35. The highest BCUT2D eigenvalue weighted by molar-refractivity contribution is 6.35. The Bertz CT molecular complexity index is 1510. The molecule has 0 saturated carbocycles. The summed E-state index contributed by atoms with van der Waals surface area (Å²) in [4.78, 5) is 27.2. The number of nitrogens with zero attached hydrogens (tertiary/aromatic N) is 4. The molecule has 3 aromatic heterocycles. The van der Waals surface area contributed by atoms with Crippen molar-refractivity contribution in [3.8, 4) is 11.6 Å². The number of nitrogens with one attached hydrogen (secondary N) is 1. The summed E-state index contributed by atoms with van der Waals surface area (Å²) >= 11 is 12.6. The van der Waals surface area contributed by atoms with Gasteiger partial charge in [0.1, 0.15) is 29.8 Å². The molecule has 192 valence electrons. The summed E-state index contributed by atoms with van der Waals surface area (Å²) in [5, 5.41) is 9.67. The van der Waals surface area contributed by atoms with Gasteiger partial charge in [-0.1, -0.05) is 29.3 Å². The zero-order chi connectivity index (χ0) is 26.8. The van der Waals surface area contributed by atoms with Gasteiger partial charge in [-0.25, -0.2) is 4.98 Å². The summed E-state index contributed by atoms with van der Waals surface area (Å²) in [7, 11) is 0. The van der Waals surface area contributed by atoms with Gasteiger partial charge in [-0.05, 0) is 43.3 Å². The standard InChI is InChI=1S/C27H22Cl2N6O3/c1-15(24-19(28)13-32-14-20(24)29)38-17-5-6-21(30)18(11-17)25(31)16-10-23-26(34-12-16)37-9-8-35(23)27(36)22-4-2-3-7-33-22/h2-7,10-15,31H,8-9,30H2,1H3/t15-/m1/s1. The molecule has 4 aromatic rings. The van der Waals surface area contributed by atoms with Crippen LogP contribution in [0.25, 0.3) is 0 Å². The van der Waals surface area contributed by atoms with Gasteiger partial charge in [0.25, 0.3) is 5.91 Å². The number of aromatic nitrogens is 3. The first-order valence-corrected chi connectivity index (χ1v) is 12.4. The molecule has 1 aromatic carbocycles. The average molecular weight is 549 g/mol. The first-order valence-electron chi connectivity index (χ1n) is 11.6. The monoisotopic (exact) mass is 548 g/mol. The summed E-state index contributed by atoms with van der Waals surface area (Å²) in [6.45, 7) is 2.44. The van der Waals surface area contributed by atoms with Crippen molar-refractivity contribution < 1.29 is 14.3 Å². The van der Waals surface area contributed by atoms with Gasteiger partial charge in [0.2, 0.25) is 5.88 Å². The van der Waals surface area contributed by atoms with E-state index in [9.17, 15) is 4.79 Å². The van der Waals surface area contributed by atoms with Crippen molar-refractivity contribution in [2.75, 3.05) is 23.8 Å². The van der Waals surface area contributed by atoms with Crippen LogP contribution in [-0.2, 0) is 0 Å². The zero-order valence-corrected chi connectivity index (χ0v) is 21.7. The minimum absolute atomic E-state index is 0.103. The third kappa shape index (κ3) is 4.98. The van der Waals surface area contributed by atoms with Gasteiger partial charge in [0, 0.05) is 47.2 Å². The minimum atomic E-state index is -0.489. The van der Waals surface area contributed by atoms with Gasteiger partial charge in [-0.2, -0.15) is 0 Å². The van der Waals surface area contributed by atoms with Crippen molar-refractivity contribution in [2.24, 2.45) is 0 Å². The average Bonchev–Trinajstić information content (AvgIpc) is 2.93. The fourth-order valence-electron chi connectivity index (χ4n) is 4.13. The molecule has 9 nitrogen and oxygen atoms in total. The molecule has 38 heavy (non-hydrogen) atoms. The van der Waals surface area contributed by atoms with Crippen molar-refractivity contribution in [3.05, 3.63) is 99.7 Å². The maximum Gasteiger partial charge on any atom is 0.277 e. The number of rotatable bonds is 6. The molecule has 1 amide bonds. The Morgan fingerprint density at radius 3 is 2.66 bits per heavy atom. The second-order valence-corrected chi connectivity index (χ2v) is 9.28. The second-order valence-electron chi connectivity index (χ2n) is 8.47. The number of fused-ring (bicyclic) bond motifs is 1. The van der Waals surface area contributed by atoms with E-state index in [2.05, 4.69) is 15.0 Å². The second kappa shape index (κ2) is 10.6. The van der Waals surface area contributed by atoms with Crippen LogP contribution >= 0.6 is 23.2 Å². The van der Waals surface area contributed by atoms with E-state index in [-0.39, 0.29) is 11.6 Å². The van der Waals surface area contributed by atoms with E-state index in [1.54, 1.807) is 53.6 Å². The van der Waals surface area contributed by atoms with Crippen LogP contribution in [0, 0.1) is 5.41 Å². The molecule has 0 fully saturated rings. The first kappa shape index (κ1) is 25.4. The molecular formula is C27H22Cl2N6O3. The van der Waals surface area contributed by atoms with Crippen LogP contribution in [0.5, 0.6) is 11.6 Å². The van der Waals surface area contributed by atoms with Gasteiger partial charge in [0.05, 0.1) is 22.3 Å². The maximum absolute atomic E-state index is 13.1. The van der Waals surface area contributed by atoms with Gasteiger partial charge in [0.15, 0.2) is 0 Å². The fourth-order valence-corrected chi connectivity index (χ4v) is 4.80. The number of nitrogens with two attached hydrogens (primary N) is 1. The molecular weight excluding hydrogens is 527 g/mol. The van der Waals surface area contributed by atoms with Gasteiger partial charge >= 0.3 is 0 Å². The third-order valence-corrected chi connectivity index (χ3v) is 6.60. The molecule has 3 N–H and O–H groups in total. The van der Waals surface area contributed by atoms with Crippen LogP contribution < -0.4 is 20.1 Å². The van der Waals surface area contributed by atoms with E-state index in [1.165, 1.54) is 18.6 Å². The SMILES string of the molecule is C[C@@H](Oc1ccc(N)c(C(=N)c2cnc3c(c2)N(C(=O)c2ccccn2)CCO3)c1)c1c(Cl)cncc1Cl. The molecule has 1 aliphatic rings. The van der Waals surface area contributed by atoms with Crippen LogP contribution in [0.4, 0.5) is 11.4 Å². The summed E-state index contributed by atoms with van der Waals surface area (Å²) < 4.78 is 11.7. The molecule has 0 spiro atoms. The Labute approximate surface area is 228 Å². The van der Waals surface area contributed by atoms with Crippen LogP contribution in [0.3, 0.4) is 0 Å². The Morgan fingerprint density at radius 1 is 1.13 bits per heavy atom. The molecule has 11 heteroatoms. The molecule has 0 radical (unpaired) electrons. The van der Waals surface area contributed by atoms with E-state index in [4.69, 9.17) is 43.8 Å². The summed E-state index contributed by atoms with van der Waals surface area (Å²) in [5.74, 6) is 0.497. The Balaban J connectivity index is 1.44. The number of halogens is 2. The Morgan fingerprint density at radius 2 is 1.92 bits per heavy atom. The quantitative estimate of drug-likeness (QED) is 0.245. The zero-order valence-electron chi connectivity index (χ0n) is 20.2. The molecule has 5 rings (SSSR count). The number of ether oxygens (including phenoxy) is 2. The van der Waals surface area contributed by atoms with Crippen LogP contribution in [0.2, 0.25) is 10.0 Å².